The van der Waals surface area contributed by atoms with E-state index >= 15 is 0 Å². The first-order valence-corrected chi connectivity index (χ1v) is 7.02. The van der Waals surface area contributed by atoms with Gasteiger partial charge in [0.1, 0.15) is 0 Å². The van der Waals surface area contributed by atoms with Crippen molar-refractivity contribution in [2.45, 2.75) is 12.8 Å². The minimum atomic E-state index is 0.442. The Kier molecular flexibility index (Phi) is 9.39. The predicted molar refractivity (Wildman–Crippen MR) is 86.3 cm³/mol. The number of hydrogen-bond donors (Lipinski definition) is 0. The van der Waals surface area contributed by atoms with E-state index in [-0.39, 0.29) is 0 Å². The molecule has 4 nitrogen and oxygen atoms in total. The molecule has 0 aliphatic rings. The van der Waals surface area contributed by atoms with E-state index in [1.54, 1.807) is 0 Å². The molecule has 2 aromatic rings. The molecule has 0 aliphatic carbocycles. The molecule has 22 heavy (non-hydrogen) atoms. The average molecular weight is 294 g/mol. The lowest BCUT2D eigenvalue weighted by atomic mass is 10.0. The molecule has 0 heterocycles. The topological polar surface area (TPSA) is 58.9 Å². The van der Waals surface area contributed by atoms with E-state index in [2.05, 4.69) is 9.98 Å². The lowest BCUT2D eigenvalue weighted by Gasteiger charge is -2.05. The lowest BCUT2D eigenvalue weighted by Crippen LogP contribution is -1.98. The van der Waals surface area contributed by atoms with Crippen LogP contribution in [0.3, 0.4) is 0 Å². The van der Waals surface area contributed by atoms with Crippen molar-refractivity contribution < 1.29 is 9.59 Å². The number of carbonyl (C=O) groups excluding carboxylic acids is 2. The van der Waals surface area contributed by atoms with Crippen LogP contribution in [0.15, 0.2) is 70.6 Å². The van der Waals surface area contributed by atoms with Crippen molar-refractivity contribution in [2.75, 3.05) is 13.1 Å². The monoisotopic (exact) mass is 294 g/mol. The highest BCUT2D eigenvalue weighted by molar-refractivity contribution is 5.34. The molecule has 0 saturated carbocycles. The second kappa shape index (κ2) is 12.0. The van der Waals surface area contributed by atoms with Gasteiger partial charge in [-0.25, -0.2) is 19.6 Å². The zero-order valence-corrected chi connectivity index (χ0v) is 12.3. The molecule has 0 aliphatic heterocycles. The van der Waals surface area contributed by atoms with Gasteiger partial charge >= 0.3 is 0 Å². The third-order valence-corrected chi connectivity index (χ3v) is 2.90. The average Bonchev–Trinajstić information content (AvgIpc) is 2.59. The highest BCUT2D eigenvalue weighted by Crippen LogP contribution is 2.10. The van der Waals surface area contributed by atoms with E-state index in [4.69, 9.17) is 0 Å². The summed E-state index contributed by atoms with van der Waals surface area (Å²) in [5.41, 5.74) is 2.25. The van der Waals surface area contributed by atoms with Crippen molar-refractivity contribution in [3.05, 3.63) is 71.8 Å². The molecule has 4 heteroatoms. The summed E-state index contributed by atoms with van der Waals surface area (Å²) in [6.45, 7) is 0.884. The van der Waals surface area contributed by atoms with Gasteiger partial charge in [0.25, 0.3) is 0 Å². The Balaban J connectivity index is 0.000000335. The van der Waals surface area contributed by atoms with Crippen molar-refractivity contribution in [1.82, 2.24) is 0 Å². The molecule has 0 saturated heterocycles. The van der Waals surface area contributed by atoms with Gasteiger partial charge in [0, 0.05) is 0 Å². The minimum absolute atomic E-state index is 0.442. The fourth-order valence-corrected chi connectivity index (χ4v) is 1.87. The lowest BCUT2D eigenvalue weighted by molar-refractivity contribution is 0.562. The Hall–Kier alpha value is -2.80. The van der Waals surface area contributed by atoms with Gasteiger partial charge in [-0.2, -0.15) is 0 Å². The van der Waals surface area contributed by atoms with E-state index in [9.17, 15) is 9.59 Å². The summed E-state index contributed by atoms with van der Waals surface area (Å²) in [5, 5.41) is 0. The van der Waals surface area contributed by atoms with Crippen LogP contribution in [0.4, 0.5) is 0 Å². The predicted octanol–water partition coefficient (Wildman–Crippen LogP) is 3.13. The normalized spacial score (nSPS) is 8.73. The number of aliphatic imine (C=N–C) groups is 2. The van der Waals surface area contributed by atoms with Gasteiger partial charge in [-0.05, 0) is 24.0 Å². The fraction of sp³-hybridized carbons (Fsp3) is 0.222. The van der Waals surface area contributed by atoms with Crippen molar-refractivity contribution in [3.63, 3.8) is 0 Å². The molecule has 0 radical (unpaired) electrons. The van der Waals surface area contributed by atoms with Gasteiger partial charge in [-0.3, -0.25) is 0 Å². The Morgan fingerprint density at radius 2 is 1.00 bits per heavy atom. The number of benzene rings is 2. The van der Waals surface area contributed by atoms with Crippen LogP contribution in [0.25, 0.3) is 0 Å². The van der Waals surface area contributed by atoms with Gasteiger partial charge in [0.15, 0.2) is 0 Å². The number of hydrogen-bond acceptors (Lipinski definition) is 4. The summed E-state index contributed by atoms with van der Waals surface area (Å²) in [7, 11) is 0. The van der Waals surface area contributed by atoms with Crippen molar-refractivity contribution in [3.8, 4) is 0 Å². The van der Waals surface area contributed by atoms with Crippen LogP contribution in [0, 0.1) is 0 Å². The summed E-state index contributed by atoms with van der Waals surface area (Å²) >= 11 is 0. The number of rotatable bonds is 6. The summed E-state index contributed by atoms with van der Waals surface area (Å²) < 4.78 is 0. The van der Waals surface area contributed by atoms with Crippen LogP contribution in [-0.2, 0) is 22.4 Å². The molecule has 0 atom stereocenters. The van der Waals surface area contributed by atoms with Gasteiger partial charge < -0.3 is 0 Å². The van der Waals surface area contributed by atoms with E-state index < -0.39 is 0 Å². The Labute approximate surface area is 130 Å². The third-order valence-electron chi connectivity index (χ3n) is 2.90. The second-order valence-corrected chi connectivity index (χ2v) is 4.37. The smallest absolute Gasteiger partial charge is 0.211 e. The summed E-state index contributed by atoms with van der Waals surface area (Å²) in [4.78, 5) is 26.9. The minimum Gasteiger partial charge on any atom is -0.211 e. The summed E-state index contributed by atoms with van der Waals surface area (Å²) in [6, 6.07) is 19.8. The van der Waals surface area contributed by atoms with Gasteiger partial charge in [-0.1, -0.05) is 60.7 Å². The highest BCUT2D eigenvalue weighted by Gasteiger charge is 2.00. The van der Waals surface area contributed by atoms with Crippen molar-refractivity contribution in [1.29, 1.82) is 0 Å². The first-order valence-electron chi connectivity index (χ1n) is 7.02. The molecule has 2 aromatic carbocycles. The zero-order valence-electron chi connectivity index (χ0n) is 12.3. The standard InChI is InChI=1S/C12H12N2O2.C6H6/c15-9-13-7-5-11-3-1-2-4-12(11)6-8-14-10-16;1-2-4-6-5-3-1/h1-4H,5-8H2;1-6H. The summed E-state index contributed by atoms with van der Waals surface area (Å²) in [6.07, 6.45) is 4.44. The van der Waals surface area contributed by atoms with Gasteiger partial charge in [0.2, 0.25) is 12.2 Å². The molecular formula is C18H18N2O2. The van der Waals surface area contributed by atoms with Crippen molar-refractivity contribution in [2.24, 2.45) is 9.98 Å². The molecular weight excluding hydrogens is 276 g/mol. The molecule has 0 spiro atoms. The fourth-order valence-electron chi connectivity index (χ4n) is 1.87. The molecule has 112 valence electrons. The van der Waals surface area contributed by atoms with Crippen LogP contribution in [0.1, 0.15) is 11.1 Å². The van der Waals surface area contributed by atoms with Crippen LogP contribution in [-0.4, -0.2) is 25.2 Å². The van der Waals surface area contributed by atoms with Gasteiger partial charge in [0.05, 0.1) is 13.1 Å². The van der Waals surface area contributed by atoms with Crippen LogP contribution >= 0.6 is 0 Å². The number of nitrogens with zero attached hydrogens (tertiary/aromatic N) is 2. The highest BCUT2D eigenvalue weighted by atomic mass is 16.1. The van der Waals surface area contributed by atoms with E-state index in [1.807, 2.05) is 60.7 Å². The van der Waals surface area contributed by atoms with Crippen molar-refractivity contribution >= 4 is 12.2 Å². The third kappa shape index (κ3) is 7.71. The summed E-state index contributed by atoms with van der Waals surface area (Å²) in [5.74, 6) is 0. The SMILES string of the molecule is O=C=NCCc1ccccc1CCN=C=O.c1ccccc1. The molecule has 0 amide bonds. The van der Waals surface area contributed by atoms with E-state index in [1.165, 1.54) is 12.2 Å². The van der Waals surface area contributed by atoms with Crippen LogP contribution < -0.4 is 0 Å². The first kappa shape index (κ1) is 17.3. The van der Waals surface area contributed by atoms with E-state index in [0.29, 0.717) is 25.9 Å². The Bertz CT molecular complexity index is 561. The van der Waals surface area contributed by atoms with E-state index in [0.717, 1.165) is 11.1 Å². The molecule has 0 fully saturated rings. The quantitative estimate of drug-likeness (QED) is 0.607. The molecule has 0 unspecified atom stereocenters. The maximum absolute atomic E-state index is 9.94. The maximum atomic E-state index is 9.94. The van der Waals surface area contributed by atoms with Crippen LogP contribution in [0.2, 0.25) is 0 Å². The maximum Gasteiger partial charge on any atom is 0.234 e. The molecule has 0 bridgehead atoms. The first-order chi connectivity index (χ1) is 10.9. The Morgan fingerprint density at radius 3 is 1.32 bits per heavy atom. The number of isocyanates is 2. The molecule has 0 aromatic heterocycles. The molecule has 2 rings (SSSR count). The largest absolute Gasteiger partial charge is 0.234 e. The van der Waals surface area contributed by atoms with Crippen LogP contribution in [0.5, 0.6) is 0 Å². The molecule has 0 N–H and O–H groups in total. The zero-order chi connectivity index (χ0) is 15.9. The second-order valence-electron chi connectivity index (χ2n) is 4.37. The Morgan fingerprint density at radius 1 is 0.636 bits per heavy atom. The van der Waals surface area contributed by atoms with Gasteiger partial charge in [-0.15, -0.1) is 0 Å².